The fourth-order valence-electron chi connectivity index (χ4n) is 2.89. The second-order valence-corrected chi connectivity index (χ2v) is 6.41. The monoisotopic (exact) mass is 328 g/mol. The van der Waals surface area contributed by atoms with Gasteiger partial charge in [-0.25, -0.2) is 0 Å². The van der Waals surface area contributed by atoms with Crippen LogP contribution in [0.15, 0.2) is 0 Å². The van der Waals surface area contributed by atoms with E-state index in [0.29, 0.717) is 6.04 Å². The number of likely N-dealkylation sites (tertiary alicyclic amines) is 2. The summed E-state index contributed by atoms with van der Waals surface area (Å²) in [5.74, 6) is 0. The molecule has 2 atom stereocenters. The molecule has 0 aromatic carbocycles. The minimum Gasteiger partial charge on any atom is -0.300 e. The van der Waals surface area contributed by atoms with Crippen molar-refractivity contribution in [1.82, 2.24) is 9.80 Å². The van der Waals surface area contributed by atoms with Crippen molar-refractivity contribution >= 4 is 15.9 Å². The van der Waals surface area contributed by atoms with Gasteiger partial charge in [-0.2, -0.15) is 13.2 Å². The molecule has 2 rings (SSSR count). The summed E-state index contributed by atoms with van der Waals surface area (Å²) >= 11 is 2.74. The van der Waals surface area contributed by atoms with E-state index in [9.17, 15) is 13.2 Å². The number of nitrogens with zero attached hydrogens (tertiary/aromatic N) is 2. The number of halogens is 4. The highest BCUT2D eigenvalue weighted by Gasteiger charge is 2.40. The third kappa shape index (κ3) is 3.84. The number of rotatable bonds is 3. The van der Waals surface area contributed by atoms with Gasteiger partial charge in [-0.15, -0.1) is 0 Å². The van der Waals surface area contributed by atoms with Crippen LogP contribution in [-0.2, 0) is 0 Å². The van der Waals surface area contributed by atoms with Gasteiger partial charge in [-0.05, 0) is 38.9 Å². The van der Waals surface area contributed by atoms with Gasteiger partial charge in [0.05, 0.1) is 0 Å². The molecule has 0 spiro atoms. The van der Waals surface area contributed by atoms with Crippen LogP contribution in [0, 0.1) is 0 Å². The Labute approximate surface area is 115 Å². The Morgan fingerprint density at radius 3 is 2.39 bits per heavy atom. The minimum absolute atomic E-state index is 0.0772. The van der Waals surface area contributed by atoms with Crippen LogP contribution in [0.1, 0.15) is 25.7 Å². The van der Waals surface area contributed by atoms with Crippen LogP contribution in [0.25, 0.3) is 0 Å². The van der Waals surface area contributed by atoms with Gasteiger partial charge in [-0.3, -0.25) is 4.90 Å². The molecule has 0 bridgehead atoms. The molecule has 2 aliphatic heterocycles. The molecule has 2 nitrogen and oxygen atoms in total. The maximum absolute atomic E-state index is 12.5. The highest BCUT2D eigenvalue weighted by Crippen LogP contribution is 2.28. The Balaban J connectivity index is 1.77. The number of hydrogen-bond acceptors (Lipinski definition) is 2. The zero-order valence-electron chi connectivity index (χ0n) is 10.4. The highest BCUT2D eigenvalue weighted by atomic mass is 79.9. The summed E-state index contributed by atoms with van der Waals surface area (Å²) in [6.45, 7) is 3.90. The lowest BCUT2D eigenvalue weighted by atomic mass is 10.1. The molecule has 106 valence electrons. The molecule has 6 heteroatoms. The largest absolute Gasteiger partial charge is 0.402 e. The average molecular weight is 329 g/mol. The van der Waals surface area contributed by atoms with E-state index in [2.05, 4.69) is 20.8 Å². The molecule has 0 aromatic heterocycles. The standard InChI is InChI=1S/C12H20BrF3N2/c13-11(12(14,15)16)9-17-7-4-10(8-17)18-5-2-1-3-6-18/h10-11H,1-9H2. The van der Waals surface area contributed by atoms with Gasteiger partial charge in [0, 0.05) is 19.1 Å². The molecule has 2 saturated heterocycles. The molecular weight excluding hydrogens is 309 g/mol. The van der Waals surface area contributed by atoms with E-state index in [1.54, 1.807) is 0 Å². The molecule has 0 aromatic rings. The van der Waals surface area contributed by atoms with Gasteiger partial charge in [-0.1, -0.05) is 22.4 Å². The van der Waals surface area contributed by atoms with E-state index < -0.39 is 11.0 Å². The summed E-state index contributed by atoms with van der Waals surface area (Å²) < 4.78 is 37.4. The molecular formula is C12H20BrF3N2. The first kappa shape index (κ1) is 14.6. The topological polar surface area (TPSA) is 6.48 Å². The first-order valence-corrected chi connectivity index (χ1v) is 7.55. The molecule has 0 aliphatic carbocycles. The van der Waals surface area contributed by atoms with Crippen molar-refractivity contribution in [1.29, 1.82) is 0 Å². The number of alkyl halides is 4. The quantitative estimate of drug-likeness (QED) is 0.735. The van der Waals surface area contributed by atoms with Crippen LogP contribution in [0.4, 0.5) is 13.2 Å². The van der Waals surface area contributed by atoms with Crippen molar-refractivity contribution in [2.45, 2.75) is 42.7 Å². The van der Waals surface area contributed by atoms with Gasteiger partial charge in [0.2, 0.25) is 0 Å². The SMILES string of the molecule is FC(F)(F)C(Br)CN1CCC(N2CCCCC2)C1. The lowest BCUT2D eigenvalue weighted by Gasteiger charge is -2.32. The van der Waals surface area contributed by atoms with Crippen LogP contribution in [0.5, 0.6) is 0 Å². The van der Waals surface area contributed by atoms with E-state index in [-0.39, 0.29) is 6.54 Å². The van der Waals surface area contributed by atoms with Gasteiger partial charge in [0.25, 0.3) is 0 Å². The molecule has 0 saturated carbocycles. The maximum atomic E-state index is 12.5. The third-order valence-corrected chi connectivity index (χ3v) is 4.74. The molecule has 0 N–H and O–H groups in total. The van der Waals surface area contributed by atoms with Crippen molar-refractivity contribution in [3.63, 3.8) is 0 Å². The lowest BCUT2D eigenvalue weighted by molar-refractivity contribution is -0.130. The Morgan fingerprint density at radius 1 is 1.11 bits per heavy atom. The summed E-state index contributed by atoms with van der Waals surface area (Å²) in [6, 6.07) is 0.471. The highest BCUT2D eigenvalue weighted by molar-refractivity contribution is 9.09. The first-order valence-electron chi connectivity index (χ1n) is 6.64. The zero-order chi connectivity index (χ0) is 13.2. The molecule has 2 unspecified atom stereocenters. The molecule has 18 heavy (non-hydrogen) atoms. The van der Waals surface area contributed by atoms with E-state index in [0.717, 1.165) is 32.6 Å². The Bertz CT molecular complexity index is 267. The molecule has 2 fully saturated rings. The Kier molecular flexibility index (Phi) is 4.94. The summed E-state index contributed by atoms with van der Waals surface area (Å²) in [4.78, 5) is 3.00. The predicted octanol–water partition coefficient (Wildman–Crippen LogP) is 2.87. The average Bonchev–Trinajstić information content (AvgIpc) is 2.77. The number of hydrogen-bond donors (Lipinski definition) is 0. The van der Waals surface area contributed by atoms with Crippen molar-refractivity contribution in [2.75, 3.05) is 32.7 Å². The van der Waals surface area contributed by atoms with Gasteiger partial charge in [0.1, 0.15) is 4.83 Å². The smallest absolute Gasteiger partial charge is 0.300 e. The van der Waals surface area contributed by atoms with Crippen LogP contribution in [0.2, 0.25) is 0 Å². The van der Waals surface area contributed by atoms with Crippen molar-refractivity contribution in [3.8, 4) is 0 Å². The van der Waals surface area contributed by atoms with Gasteiger partial charge < -0.3 is 4.90 Å². The summed E-state index contributed by atoms with van der Waals surface area (Å²) in [5.41, 5.74) is 0. The normalized spacial score (nSPS) is 29.7. The maximum Gasteiger partial charge on any atom is 0.402 e. The molecule has 0 radical (unpaired) electrons. The fraction of sp³-hybridized carbons (Fsp3) is 1.00. The Morgan fingerprint density at radius 2 is 1.78 bits per heavy atom. The summed E-state index contributed by atoms with van der Waals surface area (Å²) in [7, 11) is 0. The van der Waals surface area contributed by atoms with Crippen LogP contribution >= 0.6 is 15.9 Å². The second-order valence-electron chi connectivity index (χ2n) is 5.31. The van der Waals surface area contributed by atoms with Crippen molar-refractivity contribution in [3.05, 3.63) is 0 Å². The Hall–Kier alpha value is 0.190. The lowest BCUT2D eigenvalue weighted by Crippen LogP contribution is -2.42. The van der Waals surface area contributed by atoms with Gasteiger partial charge >= 0.3 is 6.18 Å². The van der Waals surface area contributed by atoms with Crippen molar-refractivity contribution < 1.29 is 13.2 Å². The zero-order valence-corrected chi connectivity index (χ0v) is 12.0. The third-order valence-electron chi connectivity index (χ3n) is 3.93. The van der Waals surface area contributed by atoms with Crippen LogP contribution in [0.3, 0.4) is 0 Å². The number of piperidine rings is 1. The minimum atomic E-state index is -4.14. The molecule has 2 heterocycles. The van der Waals surface area contributed by atoms with E-state index in [1.807, 2.05) is 4.90 Å². The van der Waals surface area contributed by atoms with E-state index in [1.165, 1.54) is 19.3 Å². The van der Waals surface area contributed by atoms with E-state index in [4.69, 9.17) is 0 Å². The molecule has 2 aliphatic rings. The first-order chi connectivity index (χ1) is 8.47. The summed E-state index contributed by atoms with van der Waals surface area (Å²) in [5, 5.41) is 0. The molecule has 0 amide bonds. The predicted molar refractivity (Wildman–Crippen MR) is 69.0 cm³/mol. The van der Waals surface area contributed by atoms with Crippen molar-refractivity contribution in [2.24, 2.45) is 0 Å². The van der Waals surface area contributed by atoms with Crippen LogP contribution in [-0.4, -0.2) is 59.6 Å². The van der Waals surface area contributed by atoms with Crippen LogP contribution < -0.4 is 0 Å². The second kappa shape index (κ2) is 6.09. The fourth-order valence-corrected chi connectivity index (χ4v) is 3.30. The summed E-state index contributed by atoms with van der Waals surface area (Å²) in [6.07, 6.45) is 0.644. The van der Waals surface area contributed by atoms with E-state index >= 15 is 0 Å². The van der Waals surface area contributed by atoms with Gasteiger partial charge in [0.15, 0.2) is 0 Å².